The SMILES string of the molecule is CC(=O)Nc1ccc(NC(=O)CNC(=O)C(C)(C)C)cc1Cl. The Kier molecular flexibility index (Phi) is 5.93. The monoisotopic (exact) mass is 325 g/mol. The van der Waals surface area contributed by atoms with Gasteiger partial charge in [0.25, 0.3) is 0 Å². The van der Waals surface area contributed by atoms with Crippen LogP contribution in [0, 0.1) is 5.41 Å². The van der Waals surface area contributed by atoms with E-state index in [9.17, 15) is 14.4 Å². The van der Waals surface area contributed by atoms with Crippen LogP contribution in [-0.4, -0.2) is 24.3 Å². The van der Waals surface area contributed by atoms with Gasteiger partial charge in [0.2, 0.25) is 17.7 Å². The molecule has 0 unspecified atom stereocenters. The minimum absolute atomic E-state index is 0.124. The maximum absolute atomic E-state index is 11.8. The summed E-state index contributed by atoms with van der Waals surface area (Å²) in [6.07, 6.45) is 0. The lowest BCUT2D eigenvalue weighted by Gasteiger charge is -2.17. The van der Waals surface area contributed by atoms with Gasteiger partial charge in [0.05, 0.1) is 17.3 Å². The predicted octanol–water partition coefficient (Wildman–Crippen LogP) is 2.40. The molecule has 0 aliphatic heterocycles. The maximum Gasteiger partial charge on any atom is 0.243 e. The summed E-state index contributed by atoms with van der Waals surface area (Å²) in [6, 6.07) is 4.73. The molecule has 6 nitrogen and oxygen atoms in total. The van der Waals surface area contributed by atoms with Crippen molar-refractivity contribution in [2.45, 2.75) is 27.7 Å². The zero-order valence-corrected chi connectivity index (χ0v) is 13.8. The van der Waals surface area contributed by atoms with Gasteiger partial charge in [0.1, 0.15) is 0 Å². The van der Waals surface area contributed by atoms with Crippen molar-refractivity contribution in [3.8, 4) is 0 Å². The predicted molar refractivity (Wildman–Crippen MR) is 86.9 cm³/mol. The van der Waals surface area contributed by atoms with Gasteiger partial charge in [-0.3, -0.25) is 14.4 Å². The molecule has 0 aromatic heterocycles. The molecule has 0 atom stereocenters. The van der Waals surface area contributed by atoms with Crippen LogP contribution in [0.1, 0.15) is 27.7 Å². The van der Waals surface area contributed by atoms with E-state index in [1.807, 2.05) is 0 Å². The number of carbonyl (C=O) groups excluding carboxylic acids is 3. The van der Waals surface area contributed by atoms with E-state index in [2.05, 4.69) is 16.0 Å². The summed E-state index contributed by atoms with van der Waals surface area (Å²) in [5.74, 6) is -0.800. The van der Waals surface area contributed by atoms with Crippen LogP contribution in [-0.2, 0) is 14.4 Å². The van der Waals surface area contributed by atoms with Gasteiger partial charge in [-0.25, -0.2) is 0 Å². The molecule has 0 radical (unpaired) electrons. The topological polar surface area (TPSA) is 87.3 Å². The Morgan fingerprint density at radius 3 is 2.27 bits per heavy atom. The van der Waals surface area contributed by atoms with E-state index in [0.717, 1.165) is 0 Å². The lowest BCUT2D eigenvalue weighted by molar-refractivity contribution is -0.130. The fraction of sp³-hybridized carbons (Fsp3) is 0.400. The zero-order valence-electron chi connectivity index (χ0n) is 13.0. The lowest BCUT2D eigenvalue weighted by Crippen LogP contribution is -2.39. The van der Waals surface area contributed by atoms with Crippen LogP contribution in [0.2, 0.25) is 5.02 Å². The van der Waals surface area contributed by atoms with Crippen molar-refractivity contribution < 1.29 is 14.4 Å². The molecule has 1 aromatic carbocycles. The molecule has 0 spiro atoms. The molecular weight excluding hydrogens is 306 g/mol. The molecule has 1 rings (SSSR count). The number of nitrogens with one attached hydrogen (secondary N) is 3. The second-order valence-electron chi connectivity index (χ2n) is 5.86. The number of rotatable bonds is 4. The van der Waals surface area contributed by atoms with E-state index in [1.165, 1.54) is 13.0 Å². The average molecular weight is 326 g/mol. The van der Waals surface area contributed by atoms with Crippen LogP contribution < -0.4 is 16.0 Å². The van der Waals surface area contributed by atoms with Gasteiger partial charge in [0, 0.05) is 18.0 Å². The van der Waals surface area contributed by atoms with Gasteiger partial charge in [-0.2, -0.15) is 0 Å². The van der Waals surface area contributed by atoms with E-state index in [-0.39, 0.29) is 24.3 Å². The summed E-state index contributed by atoms with van der Waals surface area (Å²) in [5.41, 5.74) is 0.395. The number of amides is 3. The maximum atomic E-state index is 11.8. The number of hydrogen-bond acceptors (Lipinski definition) is 3. The van der Waals surface area contributed by atoms with Crippen molar-refractivity contribution in [2.75, 3.05) is 17.2 Å². The van der Waals surface area contributed by atoms with E-state index in [0.29, 0.717) is 16.4 Å². The lowest BCUT2D eigenvalue weighted by atomic mass is 9.96. The van der Waals surface area contributed by atoms with Crippen molar-refractivity contribution >= 4 is 40.7 Å². The third-order valence-electron chi connectivity index (χ3n) is 2.65. The highest BCUT2D eigenvalue weighted by molar-refractivity contribution is 6.34. The van der Waals surface area contributed by atoms with Crippen LogP contribution in [0.15, 0.2) is 18.2 Å². The smallest absolute Gasteiger partial charge is 0.243 e. The Balaban J connectivity index is 2.60. The summed E-state index contributed by atoms with van der Waals surface area (Å²) >= 11 is 6.01. The van der Waals surface area contributed by atoms with Gasteiger partial charge < -0.3 is 16.0 Å². The highest BCUT2D eigenvalue weighted by Gasteiger charge is 2.21. The van der Waals surface area contributed by atoms with Gasteiger partial charge in [-0.1, -0.05) is 32.4 Å². The molecule has 0 saturated carbocycles. The normalized spacial score (nSPS) is 10.8. The van der Waals surface area contributed by atoms with Gasteiger partial charge in [-0.15, -0.1) is 0 Å². The first-order valence-electron chi connectivity index (χ1n) is 6.75. The van der Waals surface area contributed by atoms with Crippen molar-refractivity contribution in [1.82, 2.24) is 5.32 Å². The molecule has 0 aliphatic carbocycles. The zero-order chi connectivity index (χ0) is 16.9. The van der Waals surface area contributed by atoms with Gasteiger partial charge in [0.15, 0.2) is 0 Å². The number of halogens is 1. The fourth-order valence-electron chi connectivity index (χ4n) is 1.51. The highest BCUT2D eigenvalue weighted by Crippen LogP contribution is 2.25. The quantitative estimate of drug-likeness (QED) is 0.794. The standard InChI is InChI=1S/C15H20ClN3O3/c1-9(20)18-12-6-5-10(7-11(12)16)19-13(21)8-17-14(22)15(2,3)4/h5-7H,8H2,1-4H3,(H,17,22)(H,18,20)(H,19,21). The molecule has 7 heteroatoms. The first kappa shape index (κ1) is 18.0. The molecule has 3 amide bonds. The number of hydrogen-bond donors (Lipinski definition) is 3. The van der Waals surface area contributed by atoms with Crippen molar-refractivity contribution in [3.63, 3.8) is 0 Å². The van der Waals surface area contributed by atoms with Crippen molar-refractivity contribution in [3.05, 3.63) is 23.2 Å². The molecule has 0 bridgehead atoms. The molecule has 22 heavy (non-hydrogen) atoms. The minimum Gasteiger partial charge on any atom is -0.347 e. The molecule has 1 aromatic rings. The molecule has 0 fully saturated rings. The number of carbonyl (C=O) groups is 3. The number of anilines is 2. The largest absolute Gasteiger partial charge is 0.347 e. The summed E-state index contributed by atoms with van der Waals surface area (Å²) in [4.78, 5) is 34.4. The fourth-order valence-corrected chi connectivity index (χ4v) is 1.74. The van der Waals surface area contributed by atoms with Crippen LogP contribution >= 0.6 is 11.6 Å². The molecule has 0 aliphatic rings. The second-order valence-corrected chi connectivity index (χ2v) is 6.26. The first-order chi connectivity index (χ1) is 10.1. The summed E-state index contributed by atoms with van der Waals surface area (Å²) < 4.78 is 0. The van der Waals surface area contributed by atoms with Crippen molar-refractivity contribution in [1.29, 1.82) is 0 Å². The molecule has 120 valence electrons. The Bertz CT molecular complexity index is 594. The first-order valence-corrected chi connectivity index (χ1v) is 7.12. The summed E-state index contributed by atoms with van der Waals surface area (Å²) in [7, 11) is 0. The second kappa shape index (κ2) is 7.26. The van der Waals surface area contributed by atoms with Crippen LogP contribution in [0.25, 0.3) is 0 Å². The third kappa shape index (κ3) is 5.73. The van der Waals surface area contributed by atoms with E-state index in [1.54, 1.807) is 32.9 Å². The Hall–Kier alpha value is -2.08. The van der Waals surface area contributed by atoms with Crippen molar-refractivity contribution in [2.24, 2.45) is 5.41 Å². The Morgan fingerprint density at radius 1 is 1.14 bits per heavy atom. The molecule has 0 saturated heterocycles. The van der Waals surface area contributed by atoms with E-state index in [4.69, 9.17) is 11.6 Å². The van der Waals surface area contributed by atoms with E-state index >= 15 is 0 Å². The van der Waals surface area contributed by atoms with Gasteiger partial charge >= 0.3 is 0 Å². The minimum atomic E-state index is -0.552. The highest BCUT2D eigenvalue weighted by atomic mass is 35.5. The van der Waals surface area contributed by atoms with E-state index < -0.39 is 5.41 Å². The van der Waals surface area contributed by atoms with Gasteiger partial charge in [-0.05, 0) is 18.2 Å². The number of benzene rings is 1. The van der Waals surface area contributed by atoms with Crippen LogP contribution in [0.5, 0.6) is 0 Å². The Labute approximate surface area is 134 Å². The average Bonchev–Trinajstić information content (AvgIpc) is 2.37. The third-order valence-corrected chi connectivity index (χ3v) is 2.97. The summed E-state index contributed by atoms with van der Waals surface area (Å²) in [5, 5.41) is 8.05. The summed E-state index contributed by atoms with van der Waals surface area (Å²) in [6.45, 7) is 6.55. The van der Waals surface area contributed by atoms with Crippen LogP contribution in [0.3, 0.4) is 0 Å². The Morgan fingerprint density at radius 2 is 1.77 bits per heavy atom. The molecule has 0 heterocycles. The molecular formula is C15H20ClN3O3. The molecule has 3 N–H and O–H groups in total. The van der Waals surface area contributed by atoms with Crippen LogP contribution in [0.4, 0.5) is 11.4 Å².